The number of hydrogen-bond acceptors (Lipinski definition) is 3. The van der Waals surface area contributed by atoms with E-state index in [4.69, 9.17) is 12.2 Å². The van der Waals surface area contributed by atoms with Crippen LogP contribution in [0.25, 0.3) is 0 Å². The monoisotopic (exact) mass is 218 g/mol. The molecule has 0 aromatic heterocycles. The van der Waals surface area contributed by atoms with Crippen molar-refractivity contribution in [3.63, 3.8) is 0 Å². The summed E-state index contributed by atoms with van der Waals surface area (Å²) in [6, 6.07) is 4.49. The zero-order valence-corrected chi connectivity index (χ0v) is 9.03. The summed E-state index contributed by atoms with van der Waals surface area (Å²) in [5.74, 6) is 1.87. The molecule has 0 saturated heterocycles. The van der Waals surface area contributed by atoms with Crippen molar-refractivity contribution in [2.24, 2.45) is 0 Å². The summed E-state index contributed by atoms with van der Waals surface area (Å²) in [5.41, 5.74) is 5.82. The van der Waals surface area contributed by atoms with Crippen molar-refractivity contribution < 1.29 is 9.90 Å². The Morgan fingerprint density at radius 1 is 1.69 bits per heavy atom. The van der Waals surface area contributed by atoms with Crippen LogP contribution in [-0.4, -0.2) is 17.1 Å². The first-order valence-corrected chi connectivity index (χ1v) is 4.88. The molecule has 0 fully saturated rings. The molecule has 0 aliphatic carbocycles. The fourth-order valence-corrected chi connectivity index (χ4v) is 1.27. The normalized spacial score (nSPS) is 11.5. The van der Waals surface area contributed by atoms with E-state index >= 15 is 0 Å². The Kier molecular flexibility index (Phi) is 3.78. The van der Waals surface area contributed by atoms with Gasteiger partial charge in [0.25, 0.3) is 5.91 Å². The quantitative estimate of drug-likeness (QED) is 0.404. The van der Waals surface area contributed by atoms with Crippen LogP contribution in [0, 0.1) is 12.3 Å². The Morgan fingerprint density at radius 3 is 3.00 bits per heavy atom. The van der Waals surface area contributed by atoms with Crippen LogP contribution in [-0.2, 0) is 0 Å². The summed E-state index contributed by atoms with van der Waals surface area (Å²) in [4.78, 5) is 11.7. The Labute approximate surface area is 94.5 Å². The molecule has 0 heterocycles. The summed E-state index contributed by atoms with van der Waals surface area (Å²) in [5, 5.41) is 12.3. The topological polar surface area (TPSA) is 75.4 Å². The van der Waals surface area contributed by atoms with Gasteiger partial charge in [-0.1, -0.05) is 6.07 Å². The van der Waals surface area contributed by atoms with Crippen LogP contribution in [0.4, 0.5) is 5.69 Å². The average Bonchev–Trinajstić information content (AvgIpc) is 2.22. The van der Waals surface area contributed by atoms with Crippen LogP contribution in [0.3, 0.4) is 0 Å². The van der Waals surface area contributed by atoms with Crippen molar-refractivity contribution >= 4 is 11.6 Å². The van der Waals surface area contributed by atoms with E-state index in [0.29, 0.717) is 6.42 Å². The molecule has 4 N–H and O–H groups in total. The van der Waals surface area contributed by atoms with Gasteiger partial charge >= 0.3 is 0 Å². The molecule has 84 valence electrons. The van der Waals surface area contributed by atoms with Crippen LogP contribution in [0.15, 0.2) is 18.2 Å². The highest BCUT2D eigenvalue weighted by atomic mass is 16.3. The van der Waals surface area contributed by atoms with Gasteiger partial charge in [0.2, 0.25) is 0 Å². The molecular weight excluding hydrogens is 204 g/mol. The third-order valence-corrected chi connectivity index (χ3v) is 2.11. The summed E-state index contributed by atoms with van der Waals surface area (Å²) in [6.07, 6.45) is 5.57. The number of nitrogens with one attached hydrogen (secondary N) is 1. The summed E-state index contributed by atoms with van der Waals surface area (Å²) < 4.78 is 0. The number of aromatic hydroxyl groups is 1. The lowest BCUT2D eigenvalue weighted by Crippen LogP contribution is -2.32. The van der Waals surface area contributed by atoms with Gasteiger partial charge in [-0.15, -0.1) is 12.3 Å². The van der Waals surface area contributed by atoms with Gasteiger partial charge < -0.3 is 16.2 Å². The van der Waals surface area contributed by atoms with Crippen LogP contribution < -0.4 is 11.1 Å². The highest BCUT2D eigenvalue weighted by Crippen LogP contribution is 2.24. The van der Waals surface area contributed by atoms with Crippen molar-refractivity contribution in [3.05, 3.63) is 23.8 Å². The molecule has 4 heteroatoms. The summed E-state index contributed by atoms with van der Waals surface area (Å²) >= 11 is 0. The maximum Gasteiger partial charge on any atom is 0.255 e. The Hall–Kier alpha value is -2.15. The molecule has 1 atom stereocenters. The molecule has 0 spiro atoms. The molecule has 1 aromatic rings. The average molecular weight is 218 g/mol. The van der Waals surface area contributed by atoms with Gasteiger partial charge in [0.15, 0.2) is 5.75 Å². The number of carbonyl (C=O) groups is 1. The molecule has 0 saturated carbocycles. The number of nitrogens with two attached hydrogens (primary N) is 1. The maximum atomic E-state index is 11.7. The first-order valence-electron chi connectivity index (χ1n) is 4.88. The van der Waals surface area contributed by atoms with Gasteiger partial charge in [-0.2, -0.15) is 0 Å². The minimum atomic E-state index is -0.382. The Balaban J connectivity index is 2.82. The van der Waals surface area contributed by atoms with E-state index in [0.717, 1.165) is 0 Å². The predicted molar refractivity (Wildman–Crippen MR) is 62.9 cm³/mol. The van der Waals surface area contributed by atoms with Crippen LogP contribution >= 0.6 is 0 Å². The third-order valence-electron chi connectivity index (χ3n) is 2.11. The molecule has 0 radical (unpaired) electrons. The number of benzene rings is 1. The van der Waals surface area contributed by atoms with Crippen molar-refractivity contribution in [3.8, 4) is 18.1 Å². The number of phenolic OH excluding ortho intramolecular Hbond substituents is 1. The fraction of sp³-hybridized carbons (Fsp3) is 0.250. The molecule has 4 nitrogen and oxygen atoms in total. The second-order valence-electron chi connectivity index (χ2n) is 3.53. The second-order valence-corrected chi connectivity index (χ2v) is 3.53. The zero-order valence-electron chi connectivity index (χ0n) is 9.03. The second kappa shape index (κ2) is 5.08. The highest BCUT2D eigenvalue weighted by molar-refractivity contribution is 5.98. The number of phenols is 1. The largest absolute Gasteiger partial charge is 0.505 e. The first kappa shape index (κ1) is 11.9. The minimum absolute atomic E-state index is 0.140. The number of nitrogen functional groups attached to an aromatic ring is 1. The molecular formula is C12H14N2O2. The lowest BCUT2D eigenvalue weighted by atomic mass is 10.1. The van der Waals surface area contributed by atoms with Gasteiger partial charge in [0.05, 0.1) is 11.3 Å². The standard InChI is InChI=1S/C12H14N2O2/c1-3-5-8(2)14-12(16)9-6-4-7-10(13)11(9)15/h1,4,6-8,15H,5,13H2,2H3,(H,14,16). The van der Waals surface area contributed by atoms with Crippen molar-refractivity contribution in [2.45, 2.75) is 19.4 Å². The number of rotatable bonds is 3. The van der Waals surface area contributed by atoms with E-state index in [9.17, 15) is 9.90 Å². The SMILES string of the molecule is C#CCC(C)NC(=O)c1cccc(N)c1O. The van der Waals surface area contributed by atoms with Crippen LogP contribution in [0.1, 0.15) is 23.7 Å². The maximum absolute atomic E-state index is 11.7. The number of amides is 1. The van der Waals surface area contributed by atoms with Gasteiger partial charge in [-0.3, -0.25) is 4.79 Å². The van der Waals surface area contributed by atoms with Gasteiger partial charge in [0, 0.05) is 12.5 Å². The van der Waals surface area contributed by atoms with Crippen molar-refractivity contribution in [1.29, 1.82) is 0 Å². The highest BCUT2D eigenvalue weighted by Gasteiger charge is 2.14. The molecule has 16 heavy (non-hydrogen) atoms. The third kappa shape index (κ3) is 2.67. The molecule has 1 aromatic carbocycles. The molecule has 1 rings (SSSR count). The molecule has 0 aliphatic heterocycles. The zero-order chi connectivity index (χ0) is 12.1. The summed E-state index contributed by atoms with van der Waals surface area (Å²) in [7, 11) is 0. The van der Waals surface area contributed by atoms with Crippen LogP contribution in [0.2, 0.25) is 0 Å². The number of hydrogen-bond donors (Lipinski definition) is 3. The van der Waals surface area contributed by atoms with Gasteiger partial charge in [-0.05, 0) is 19.1 Å². The first-order chi connectivity index (χ1) is 7.56. The lowest BCUT2D eigenvalue weighted by Gasteiger charge is -2.12. The minimum Gasteiger partial charge on any atom is -0.505 e. The van der Waals surface area contributed by atoms with E-state index in [-0.39, 0.29) is 28.9 Å². The number of terminal acetylenes is 1. The number of anilines is 1. The lowest BCUT2D eigenvalue weighted by molar-refractivity contribution is 0.0938. The molecule has 0 bridgehead atoms. The van der Waals surface area contributed by atoms with E-state index in [1.165, 1.54) is 12.1 Å². The Morgan fingerprint density at radius 2 is 2.38 bits per heavy atom. The Bertz CT molecular complexity index is 435. The van der Waals surface area contributed by atoms with Crippen molar-refractivity contribution in [1.82, 2.24) is 5.32 Å². The predicted octanol–water partition coefficient (Wildman–Crippen LogP) is 1.12. The van der Waals surface area contributed by atoms with E-state index in [1.54, 1.807) is 13.0 Å². The van der Waals surface area contributed by atoms with E-state index in [2.05, 4.69) is 11.2 Å². The number of para-hydroxylation sites is 1. The smallest absolute Gasteiger partial charge is 0.255 e. The van der Waals surface area contributed by atoms with Gasteiger partial charge in [-0.25, -0.2) is 0 Å². The van der Waals surface area contributed by atoms with Crippen molar-refractivity contribution in [2.75, 3.05) is 5.73 Å². The summed E-state index contributed by atoms with van der Waals surface area (Å²) in [6.45, 7) is 1.79. The fourth-order valence-electron chi connectivity index (χ4n) is 1.27. The van der Waals surface area contributed by atoms with Gasteiger partial charge in [0.1, 0.15) is 0 Å². The molecule has 0 aliphatic rings. The van der Waals surface area contributed by atoms with Crippen LogP contribution in [0.5, 0.6) is 5.75 Å². The number of carbonyl (C=O) groups excluding carboxylic acids is 1. The molecule has 1 unspecified atom stereocenters. The van der Waals surface area contributed by atoms with E-state index < -0.39 is 0 Å². The molecule has 1 amide bonds. The van der Waals surface area contributed by atoms with E-state index in [1.807, 2.05) is 0 Å².